The lowest BCUT2D eigenvalue weighted by Crippen LogP contribution is -2.46. The Morgan fingerprint density at radius 1 is 1.19 bits per heavy atom. The van der Waals surface area contributed by atoms with Crippen molar-refractivity contribution in [3.05, 3.63) is 71.9 Å². The molecule has 1 heterocycles. The van der Waals surface area contributed by atoms with Gasteiger partial charge in [-0.3, -0.25) is 4.79 Å². The standard InChI is InChI=1S/C22H22N2O3/c1-22(27,12-11-16-7-3-2-4-8-16)15-24-20(21(25)26)13-17-14-23-19-10-6-5-9-18(17)19/h2-10,14,20,23-24,27H,13,15H2,1H3,(H,25,26). The van der Waals surface area contributed by atoms with Crippen LogP contribution in [0.2, 0.25) is 0 Å². The van der Waals surface area contributed by atoms with E-state index in [1.807, 2.05) is 60.8 Å². The fourth-order valence-electron chi connectivity index (χ4n) is 2.86. The van der Waals surface area contributed by atoms with Gasteiger partial charge in [0.15, 0.2) is 0 Å². The van der Waals surface area contributed by atoms with E-state index in [4.69, 9.17) is 0 Å². The smallest absolute Gasteiger partial charge is 0.321 e. The predicted molar refractivity (Wildman–Crippen MR) is 105 cm³/mol. The molecule has 4 N–H and O–H groups in total. The van der Waals surface area contributed by atoms with Gasteiger partial charge in [-0.05, 0) is 30.7 Å². The first-order chi connectivity index (χ1) is 12.9. The van der Waals surface area contributed by atoms with Gasteiger partial charge in [0.25, 0.3) is 0 Å². The number of aliphatic hydroxyl groups is 1. The summed E-state index contributed by atoms with van der Waals surface area (Å²) < 4.78 is 0. The number of carboxylic acid groups (broad SMARTS) is 1. The van der Waals surface area contributed by atoms with Crippen LogP contribution in [0.15, 0.2) is 60.8 Å². The van der Waals surface area contributed by atoms with Crippen molar-refractivity contribution in [1.82, 2.24) is 10.3 Å². The number of carboxylic acids is 1. The number of H-pyrrole nitrogens is 1. The number of para-hydroxylation sites is 1. The largest absolute Gasteiger partial charge is 0.480 e. The van der Waals surface area contributed by atoms with Crippen LogP contribution >= 0.6 is 0 Å². The highest BCUT2D eigenvalue weighted by atomic mass is 16.4. The number of benzene rings is 2. The minimum Gasteiger partial charge on any atom is -0.480 e. The fourth-order valence-corrected chi connectivity index (χ4v) is 2.86. The van der Waals surface area contributed by atoms with Crippen molar-refractivity contribution in [2.24, 2.45) is 0 Å². The number of hydrogen-bond acceptors (Lipinski definition) is 3. The van der Waals surface area contributed by atoms with E-state index < -0.39 is 17.6 Å². The van der Waals surface area contributed by atoms with E-state index in [1.54, 1.807) is 6.92 Å². The van der Waals surface area contributed by atoms with Crippen LogP contribution < -0.4 is 5.32 Å². The first kappa shape index (κ1) is 18.7. The van der Waals surface area contributed by atoms with Crippen molar-refractivity contribution in [2.75, 3.05) is 6.54 Å². The summed E-state index contributed by atoms with van der Waals surface area (Å²) in [6.45, 7) is 1.62. The summed E-state index contributed by atoms with van der Waals surface area (Å²) in [5.41, 5.74) is 1.34. The van der Waals surface area contributed by atoms with Gasteiger partial charge in [0, 0.05) is 35.6 Å². The van der Waals surface area contributed by atoms with Crippen molar-refractivity contribution >= 4 is 16.9 Å². The summed E-state index contributed by atoms with van der Waals surface area (Å²) >= 11 is 0. The Balaban J connectivity index is 1.68. The minimum atomic E-state index is -1.34. The van der Waals surface area contributed by atoms with E-state index in [2.05, 4.69) is 22.1 Å². The second kappa shape index (κ2) is 8.09. The van der Waals surface area contributed by atoms with Gasteiger partial charge in [0.05, 0.1) is 0 Å². The van der Waals surface area contributed by atoms with Gasteiger partial charge in [0.2, 0.25) is 0 Å². The van der Waals surface area contributed by atoms with Gasteiger partial charge in [-0.1, -0.05) is 48.2 Å². The summed E-state index contributed by atoms with van der Waals surface area (Å²) in [6, 6.07) is 16.3. The Hall–Kier alpha value is -3.07. The van der Waals surface area contributed by atoms with Crippen molar-refractivity contribution in [2.45, 2.75) is 25.0 Å². The van der Waals surface area contributed by atoms with E-state index in [-0.39, 0.29) is 6.54 Å². The van der Waals surface area contributed by atoms with Crippen molar-refractivity contribution < 1.29 is 15.0 Å². The molecular weight excluding hydrogens is 340 g/mol. The van der Waals surface area contributed by atoms with Crippen LogP contribution in [-0.4, -0.2) is 39.4 Å². The molecule has 1 aromatic heterocycles. The number of aliphatic carboxylic acids is 1. The molecule has 0 aliphatic carbocycles. The Morgan fingerprint density at radius 3 is 2.63 bits per heavy atom. The molecule has 138 valence electrons. The number of nitrogens with one attached hydrogen (secondary N) is 2. The minimum absolute atomic E-state index is 0.0478. The maximum atomic E-state index is 11.7. The first-order valence-corrected chi connectivity index (χ1v) is 8.76. The molecular formula is C22H22N2O3. The molecule has 0 saturated heterocycles. The van der Waals surface area contributed by atoms with Gasteiger partial charge in [-0.25, -0.2) is 0 Å². The molecule has 5 heteroatoms. The molecule has 3 aromatic rings. The van der Waals surface area contributed by atoms with Gasteiger partial charge >= 0.3 is 5.97 Å². The van der Waals surface area contributed by atoms with Crippen molar-refractivity contribution in [3.8, 4) is 11.8 Å². The van der Waals surface area contributed by atoms with E-state index in [1.165, 1.54) is 0 Å². The van der Waals surface area contributed by atoms with Crippen molar-refractivity contribution in [1.29, 1.82) is 0 Å². The summed E-state index contributed by atoms with van der Waals surface area (Å²) in [5, 5.41) is 24.0. The third-order valence-corrected chi connectivity index (χ3v) is 4.34. The average molecular weight is 362 g/mol. The van der Waals surface area contributed by atoms with Crippen molar-refractivity contribution in [3.63, 3.8) is 0 Å². The summed E-state index contributed by atoms with van der Waals surface area (Å²) in [6.07, 6.45) is 2.14. The molecule has 0 fully saturated rings. The van der Waals surface area contributed by atoms with Gasteiger partial charge in [0.1, 0.15) is 11.6 Å². The number of hydrogen-bond donors (Lipinski definition) is 4. The molecule has 5 nitrogen and oxygen atoms in total. The molecule has 0 radical (unpaired) electrons. The lowest BCUT2D eigenvalue weighted by atomic mass is 10.0. The molecule has 0 bridgehead atoms. The molecule has 0 amide bonds. The number of aromatic nitrogens is 1. The van der Waals surface area contributed by atoms with E-state index >= 15 is 0 Å². The molecule has 2 aromatic carbocycles. The van der Waals surface area contributed by atoms with Gasteiger partial charge < -0.3 is 20.5 Å². The molecule has 2 unspecified atom stereocenters. The van der Waals surface area contributed by atoms with Crippen LogP contribution in [0.5, 0.6) is 0 Å². The maximum Gasteiger partial charge on any atom is 0.321 e. The van der Waals surface area contributed by atoms with Gasteiger partial charge in [-0.15, -0.1) is 0 Å². The molecule has 0 saturated carbocycles. The van der Waals surface area contributed by atoms with Crippen LogP contribution in [-0.2, 0) is 11.2 Å². The lowest BCUT2D eigenvalue weighted by Gasteiger charge is -2.21. The molecule has 0 spiro atoms. The zero-order chi connectivity index (χ0) is 19.3. The Kier molecular flexibility index (Phi) is 5.60. The van der Waals surface area contributed by atoms with Crippen LogP contribution in [0.1, 0.15) is 18.1 Å². The van der Waals surface area contributed by atoms with E-state index in [9.17, 15) is 15.0 Å². The summed E-state index contributed by atoms with van der Waals surface area (Å²) in [7, 11) is 0. The Morgan fingerprint density at radius 2 is 1.89 bits per heavy atom. The second-order valence-electron chi connectivity index (χ2n) is 6.73. The number of aromatic amines is 1. The third kappa shape index (κ3) is 4.98. The Bertz CT molecular complexity index is 981. The van der Waals surface area contributed by atoms with E-state index in [0.717, 1.165) is 22.0 Å². The van der Waals surface area contributed by atoms with Crippen LogP contribution in [0, 0.1) is 11.8 Å². The van der Waals surface area contributed by atoms with E-state index in [0.29, 0.717) is 6.42 Å². The summed E-state index contributed by atoms with van der Waals surface area (Å²) in [5.74, 6) is 4.75. The first-order valence-electron chi connectivity index (χ1n) is 8.76. The normalized spacial score (nSPS) is 14.1. The van der Waals surface area contributed by atoms with Gasteiger partial charge in [-0.2, -0.15) is 0 Å². The predicted octanol–water partition coefficient (Wildman–Crippen LogP) is 2.56. The fraction of sp³-hybridized carbons (Fsp3) is 0.227. The highest BCUT2D eigenvalue weighted by Gasteiger charge is 2.24. The quantitative estimate of drug-likeness (QED) is 0.508. The summed E-state index contributed by atoms with van der Waals surface area (Å²) in [4.78, 5) is 14.8. The highest BCUT2D eigenvalue weighted by Crippen LogP contribution is 2.19. The molecule has 0 aliphatic rings. The maximum absolute atomic E-state index is 11.7. The average Bonchev–Trinajstić information content (AvgIpc) is 3.07. The Labute approximate surface area is 158 Å². The molecule has 3 rings (SSSR count). The number of fused-ring (bicyclic) bond motifs is 1. The van der Waals surface area contributed by atoms with Crippen LogP contribution in [0.25, 0.3) is 10.9 Å². The second-order valence-corrected chi connectivity index (χ2v) is 6.73. The van der Waals surface area contributed by atoms with Crippen LogP contribution in [0.4, 0.5) is 0 Å². The SMILES string of the molecule is CC(O)(C#Cc1ccccc1)CNC(Cc1c[nH]c2ccccc12)C(=O)O. The number of carbonyl (C=O) groups is 1. The van der Waals surface area contributed by atoms with Crippen LogP contribution in [0.3, 0.4) is 0 Å². The molecule has 27 heavy (non-hydrogen) atoms. The zero-order valence-electron chi connectivity index (χ0n) is 15.1. The zero-order valence-corrected chi connectivity index (χ0v) is 15.1. The monoisotopic (exact) mass is 362 g/mol. The lowest BCUT2D eigenvalue weighted by molar-refractivity contribution is -0.139. The molecule has 2 atom stereocenters. The number of rotatable bonds is 6. The topological polar surface area (TPSA) is 85.4 Å². The molecule has 0 aliphatic heterocycles. The highest BCUT2D eigenvalue weighted by molar-refractivity contribution is 5.84. The third-order valence-electron chi connectivity index (χ3n) is 4.34.